The molecule has 0 saturated heterocycles. The fourth-order valence-electron chi connectivity index (χ4n) is 4.48. The number of dihydropyridines is 1. The van der Waals surface area contributed by atoms with Gasteiger partial charge >= 0.3 is 0 Å². The highest BCUT2D eigenvalue weighted by Crippen LogP contribution is 2.48. The number of nitrogens with one attached hydrogen (secondary N) is 1. The van der Waals surface area contributed by atoms with E-state index in [0.29, 0.717) is 17.2 Å². The first-order valence-corrected chi connectivity index (χ1v) is 10.9. The zero-order valence-corrected chi connectivity index (χ0v) is 17.3. The van der Waals surface area contributed by atoms with Crippen molar-refractivity contribution in [2.45, 2.75) is 57.1 Å². The van der Waals surface area contributed by atoms with Crippen molar-refractivity contribution >= 4 is 17.5 Å². The highest BCUT2D eigenvalue weighted by atomic mass is 32.2. The average molecular weight is 391 g/mol. The first-order valence-electron chi connectivity index (χ1n) is 10.0. The number of carbonyl (C=O) groups excluding carboxylic acids is 1. The lowest BCUT2D eigenvalue weighted by molar-refractivity contribution is -0.118. The molecule has 0 aromatic heterocycles. The molecule has 4 heteroatoms. The van der Waals surface area contributed by atoms with Crippen LogP contribution < -0.4 is 5.32 Å². The summed E-state index contributed by atoms with van der Waals surface area (Å²) < 4.78 is 0. The van der Waals surface area contributed by atoms with E-state index in [-0.39, 0.29) is 17.1 Å². The van der Waals surface area contributed by atoms with E-state index < -0.39 is 0 Å². The molecule has 1 heterocycles. The van der Waals surface area contributed by atoms with E-state index in [1.807, 2.05) is 30.3 Å². The Kier molecular flexibility index (Phi) is 5.21. The molecule has 1 N–H and O–H groups in total. The van der Waals surface area contributed by atoms with Gasteiger partial charge in [0.25, 0.3) is 0 Å². The van der Waals surface area contributed by atoms with Gasteiger partial charge in [-0.2, -0.15) is 5.26 Å². The van der Waals surface area contributed by atoms with Crippen molar-refractivity contribution in [3.05, 3.63) is 69.9 Å². The van der Waals surface area contributed by atoms with Crippen molar-refractivity contribution in [2.75, 3.05) is 0 Å². The first-order chi connectivity index (χ1) is 13.5. The number of benzene rings is 1. The van der Waals surface area contributed by atoms with Crippen LogP contribution in [0.1, 0.15) is 57.4 Å². The summed E-state index contributed by atoms with van der Waals surface area (Å²) >= 11 is 1.74. The van der Waals surface area contributed by atoms with E-state index in [2.05, 4.69) is 37.4 Å². The molecule has 144 valence electrons. The Morgan fingerprint density at radius 2 is 2.00 bits per heavy atom. The third kappa shape index (κ3) is 3.69. The van der Waals surface area contributed by atoms with Crippen molar-refractivity contribution in [1.82, 2.24) is 5.32 Å². The molecule has 0 saturated carbocycles. The molecule has 1 aromatic carbocycles. The number of carbonyl (C=O) groups is 1. The summed E-state index contributed by atoms with van der Waals surface area (Å²) in [6.45, 7) is 4.29. The number of thioether (sulfide) groups is 1. The summed E-state index contributed by atoms with van der Waals surface area (Å²) in [5, 5.41) is 14.9. The molecule has 0 unspecified atom stereocenters. The third-order valence-electron chi connectivity index (χ3n) is 5.74. The minimum Gasteiger partial charge on any atom is -0.352 e. The maximum Gasteiger partial charge on any atom is 0.162 e. The maximum absolute atomic E-state index is 13.1. The smallest absolute Gasteiger partial charge is 0.162 e. The van der Waals surface area contributed by atoms with Gasteiger partial charge in [0, 0.05) is 22.9 Å². The summed E-state index contributed by atoms with van der Waals surface area (Å²) in [7, 11) is 0. The number of Topliss-reactive ketones (excluding diaryl/α,β-unsaturated/α-hetero) is 1. The second kappa shape index (κ2) is 7.64. The predicted molar refractivity (Wildman–Crippen MR) is 114 cm³/mol. The molecule has 0 radical (unpaired) electrons. The lowest BCUT2D eigenvalue weighted by Crippen LogP contribution is -2.37. The van der Waals surface area contributed by atoms with Crippen molar-refractivity contribution in [2.24, 2.45) is 5.41 Å². The summed E-state index contributed by atoms with van der Waals surface area (Å²) in [5.74, 6) is -0.0944. The number of rotatable bonds is 3. The van der Waals surface area contributed by atoms with Gasteiger partial charge in [0.2, 0.25) is 0 Å². The van der Waals surface area contributed by atoms with Crippen molar-refractivity contribution in [3.63, 3.8) is 0 Å². The quantitative estimate of drug-likeness (QED) is 0.683. The Morgan fingerprint density at radius 3 is 2.68 bits per heavy atom. The molecular formula is C24H26N2OS. The van der Waals surface area contributed by atoms with Crippen LogP contribution in [0.3, 0.4) is 0 Å². The zero-order chi connectivity index (χ0) is 19.7. The second-order valence-electron chi connectivity index (χ2n) is 8.67. The average Bonchev–Trinajstić information content (AvgIpc) is 2.67. The molecule has 2 aliphatic carbocycles. The van der Waals surface area contributed by atoms with Crippen molar-refractivity contribution < 1.29 is 4.79 Å². The molecule has 0 spiro atoms. The number of nitrogens with zero attached hydrogens (tertiary/aromatic N) is 1. The van der Waals surface area contributed by atoms with E-state index in [0.717, 1.165) is 41.1 Å². The number of hydrogen-bond acceptors (Lipinski definition) is 4. The molecule has 4 rings (SSSR count). The minimum absolute atomic E-state index is 0.0607. The van der Waals surface area contributed by atoms with E-state index >= 15 is 0 Å². The van der Waals surface area contributed by atoms with Crippen LogP contribution in [0.25, 0.3) is 0 Å². The van der Waals surface area contributed by atoms with E-state index in [4.69, 9.17) is 0 Å². The van der Waals surface area contributed by atoms with Gasteiger partial charge in [-0.15, -0.1) is 0 Å². The topological polar surface area (TPSA) is 52.9 Å². The Labute approximate surface area is 171 Å². The predicted octanol–water partition coefficient (Wildman–Crippen LogP) is 5.59. The Morgan fingerprint density at radius 1 is 1.21 bits per heavy atom. The highest BCUT2D eigenvalue weighted by Gasteiger charge is 2.42. The van der Waals surface area contributed by atoms with E-state index in [1.165, 1.54) is 6.42 Å². The maximum atomic E-state index is 13.1. The highest BCUT2D eigenvalue weighted by molar-refractivity contribution is 8.03. The summed E-state index contributed by atoms with van der Waals surface area (Å²) in [4.78, 5) is 13.1. The molecule has 2 atom stereocenters. The number of nitriles is 1. The lowest BCUT2D eigenvalue weighted by atomic mass is 9.69. The van der Waals surface area contributed by atoms with Crippen LogP contribution in [0.2, 0.25) is 0 Å². The fourth-order valence-corrected chi connectivity index (χ4v) is 5.73. The summed E-state index contributed by atoms with van der Waals surface area (Å²) in [6, 6.07) is 12.5. The molecule has 28 heavy (non-hydrogen) atoms. The standard InChI is InChI=1S/C24H26N2OS/c1-24(2)13-19-22(20(27)14-24)21(16-9-5-3-6-10-16)18(15-25)23(26-19)28-17-11-7-4-8-12-17/h3,5-7,9-11,17,21,26H,4,8,12-14H2,1-2H3/t17-,21+/m0/s1. The Bertz CT molecular complexity index is 918. The number of hydrogen-bond donors (Lipinski definition) is 1. The van der Waals surface area contributed by atoms with Gasteiger partial charge in [0.15, 0.2) is 5.78 Å². The van der Waals surface area contributed by atoms with Gasteiger partial charge in [-0.1, -0.05) is 68.1 Å². The van der Waals surface area contributed by atoms with Gasteiger partial charge in [0.05, 0.1) is 22.6 Å². The fraction of sp³-hybridized carbons (Fsp3) is 0.417. The van der Waals surface area contributed by atoms with Crippen LogP contribution in [0.15, 0.2) is 64.4 Å². The second-order valence-corrected chi connectivity index (χ2v) is 9.92. The number of ketones is 1. The summed E-state index contributed by atoms with van der Waals surface area (Å²) in [5.41, 5.74) is 3.46. The van der Waals surface area contributed by atoms with Gasteiger partial charge in [-0.3, -0.25) is 4.79 Å². The van der Waals surface area contributed by atoms with Crippen LogP contribution in [-0.4, -0.2) is 11.0 Å². The molecule has 3 aliphatic rings. The van der Waals surface area contributed by atoms with Crippen LogP contribution in [0.5, 0.6) is 0 Å². The van der Waals surface area contributed by atoms with Gasteiger partial charge < -0.3 is 5.32 Å². The molecule has 3 nitrogen and oxygen atoms in total. The zero-order valence-electron chi connectivity index (χ0n) is 16.5. The molecular weight excluding hydrogens is 364 g/mol. The molecule has 0 fully saturated rings. The largest absolute Gasteiger partial charge is 0.352 e. The van der Waals surface area contributed by atoms with Crippen LogP contribution in [0, 0.1) is 16.7 Å². The number of allylic oxidation sites excluding steroid dienone is 4. The van der Waals surface area contributed by atoms with Gasteiger partial charge in [0.1, 0.15) is 0 Å². The molecule has 1 aromatic rings. The lowest BCUT2D eigenvalue weighted by Gasteiger charge is -2.39. The third-order valence-corrected chi connectivity index (χ3v) is 6.99. The SMILES string of the molecule is CC1(C)CC(=O)C2=C(C1)NC(S[C@H]1C=CCCC1)=C(C#N)[C@H]2c1ccccc1. The van der Waals surface area contributed by atoms with Crippen LogP contribution in [-0.2, 0) is 4.79 Å². The van der Waals surface area contributed by atoms with E-state index in [9.17, 15) is 10.1 Å². The first kappa shape index (κ1) is 19.1. The summed E-state index contributed by atoms with van der Waals surface area (Å²) in [6.07, 6.45) is 9.31. The van der Waals surface area contributed by atoms with Crippen molar-refractivity contribution in [1.29, 1.82) is 5.26 Å². The van der Waals surface area contributed by atoms with Crippen LogP contribution in [0.4, 0.5) is 0 Å². The Balaban J connectivity index is 1.80. The normalized spacial score (nSPS) is 26.5. The van der Waals surface area contributed by atoms with Gasteiger partial charge in [-0.05, 0) is 36.7 Å². The van der Waals surface area contributed by atoms with E-state index in [1.54, 1.807) is 11.8 Å². The van der Waals surface area contributed by atoms with Gasteiger partial charge in [-0.25, -0.2) is 0 Å². The minimum atomic E-state index is -0.263. The monoisotopic (exact) mass is 390 g/mol. The molecule has 0 bridgehead atoms. The molecule has 0 amide bonds. The van der Waals surface area contributed by atoms with Crippen LogP contribution >= 0.6 is 11.8 Å². The molecule has 1 aliphatic heterocycles. The van der Waals surface area contributed by atoms with Crippen molar-refractivity contribution in [3.8, 4) is 6.07 Å². The Hall–Kier alpha value is -2.25.